The Balaban J connectivity index is 1.68. The van der Waals surface area contributed by atoms with E-state index in [1.54, 1.807) is 7.11 Å². The second kappa shape index (κ2) is 7.67. The molecule has 1 aromatic heterocycles. The van der Waals surface area contributed by atoms with Gasteiger partial charge in [0.2, 0.25) is 0 Å². The molecule has 0 aliphatic carbocycles. The number of rotatable bonds is 5. The predicted molar refractivity (Wildman–Crippen MR) is 89.2 cm³/mol. The van der Waals surface area contributed by atoms with Gasteiger partial charge in [-0.05, 0) is 12.1 Å². The molecular formula is C17H18ClF2N3O3. The van der Waals surface area contributed by atoms with E-state index in [4.69, 9.17) is 20.9 Å². The van der Waals surface area contributed by atoms with Gasteiger partial charge < -0.3 is 14.2 Å². The first-order chi connectivity index (χ1) is 12.4. The Morgan fingerprint density at radius 2 is 2.15 bits per heavy atom. The third kappa shape index (κ3) is 3.71. The molecule has 0 N–H and O–H groups in total. The van der Waals surface area contributed by atoms with E-state index >= 15 is 4.39 Å². The van der Waals surface area contributed by atoms with Gasteiger partial charge in [0.15, 0.2) is 11.5 Å². The molecule has 9 heteroatoms. The highest BCUT2D eigenvalue weighted by Gasteiger charge is 2.43. The number of hydrogen-bond acceptors (Lipinski definition) is 5. The van der Waals surface area contributed by atoms with Gasteiger partial charge in [-0.25, -0.2) is 8.78 Å². The van der Waals surface area contributed by atoms with Crippen molar-refractivity contribution in [2.45, 2.75) is 24.9 Å². The number of alkyl halides is 1. The number of halogens is 3. The van der Waals surface area contributed by atoms with Crippen molar-refractivity contribution in [2.24, 2.45) is 0 Å². The number of hydrogen-bond donors (Lipinski definition) is 0. The molecule has 2 heterocycles. The molecule has 2 aromatic rings. The lowest BCUT2D eigenvalue weighted by Crippen LogP contribution is -2.43. The van der Waals surface area contributed by atoms with E-state index in [2.05, 4.69) is 10.1 Å². The minimum absolute atomic E-state index is 0.0171. The van der Waals surface area contributed by atoms with Crippen LogP contribution in [0.3, 0.4) is 0 Å². The van der Waals surface area contributed by atoms with Crippen LogP contribution >= 0.6 is 11.6 Å². The molecule has 1 aliphatic heterocycles. The number of piperidine rings is 1. The molecule has 26 heavy (non-hydrogen) atoms. The normalized spacial score (nSPS) is 16.7. The Hall–Kier alpha value is -2.06. The maximum atomic E-state index is 15.2. The summed E-state index contributed by atoms with van der Waals surface area (Å²) in [5.74, 6) is -0.976. The number of aromatic nitrogens is 2. The van der Waals surface area contributed by atoms with Crippen LogP contribution in [-0.4, -0.2) is 47.8 Å². The van der Waals surface area contributed by atoms with E-state index in [9.17, 15) is 9.18 Å². The maximum absolute atomic E-state index is 15.2. The van der Waals surface area contributed by atoms with Gasteiger partial charge in [-0.3, -0.25) is 4.79 Å². The molecule has 0 unspecified atom stereocenters. The molecule has 0 spiro atoms. The summed E-state index contributed by atoms with van der Waals surface area (Å²) in [5, 5.41) is 3.78. The van der Waals surface area contributed by atoms with Gasteiger partial charge in [0.1, 0.15) is 5.82 Å². The Morgan fingerprint density at radius 1 is 1.42 bits per heavy atom. The van der Waals surface area contributed by atoms with Crippen LogP contribution in [0.15, 0.2) is 22.7 Å². The van der Waals surface area contributed by atoms with Crippen LogP contribution in [0.4, 0.5) is 8.78 Å². The van der Waals surface area contributed by atoms with Crippen LogP contribution in [0.2, 0.25) is 5.02 Å². The van der Waals surface area contributed by atoms with E-state index in [-0.39, 0.29) is 42.4 Å². The number of ether oxygens (including phenoxy) is 1. The van der Waals surface area contributed by atoms with Crippen LogP contribution in [0.25, 0.3) is 0 Å². The average Bonchev–Trinajstić information content (AvgIpc) is 3.10. The highest BCUT2D eigenvalue weighted by Crippen LogP contribution is 2.36. The molecule has 3 rings (SSSR count). The van der Waals surface area contributed by atoms with Gasteiger partial charge in [-0.2, -0.15) is 4.98 Å². The summed E-state index contributed by atoms with van der Waals surface area (Å²) in [5.41, 5.74) is -2.01. The zero-order valence-corrected chi connectivity index (χ0v) is 14.9. The van der Waals surface area contributed by atoms with Crippen LogP contribution < -0.4 is 0 Å². The fourth-order valence-corrected chi connectivity index (χ4v) is 3.11. The second-order valence-electron chi connectivity index (χ2n) is 6.11. The molecular weight excluding hydrogens is 368 g/mol. The number of likely N-dealkylation sites (tertiary alicyclic amines) is 1. The van der Waals surface area contributed by atoms with Gasteiger partial charge in [0, 0.05) is 39.5 Å². The molecule has 0 saturated carbocycles. The first kappa shape index (κ1) is 18.7. The number of methoxy groups -OCH3 is 1. The lowest BCUT2D eigenvalue weighted by atomic mass is 9.92. The van der Waals surface area contributed by atoms with Gasteiger partial charge >= 0.3 is 0 Å². The van der Waals surface area contributed by atoms with Crippen molar-refractivity contribution >= 4 is 17.5 Å². The molecule has 0 atom stereocenters. The van der Waals surface area contributed by atoms with Crippen LogP contribution in [0, 0.1) is 5.82 Å². The Bertz CT molecular complexity index is 771. The summed E-state index contributed by atoms with van der Waals surface area (Å²) in [4.78, 5) is 18.0. The zero-order chi connectivity index (χ0) is 18.7. The van der Waals surface area contributed by atoms with Gasteiger partial charge in [-0.15, -0.1) is 0 Å². The van der Waals surface area contributed by atoms with Crippen molar-refractivity contribution in [1.82, 2.24) is 15.0 Å². The van der Waals surface area contributed by atoms with E-state index in [0.717, 1.165) is 0 Å². The first-order valence-corrected chi connectivity index (χ1v) is 8.56. The molecule has 0 radical (unpaired) electrons. The van der Waals surface area contributed by atoms with E-state index < -0.39 is 17.4 Å². The molecule has 1 fully saturated rings. The summed E-state index contributed by atoms with van der Waals surface area (Å²) in [7, 11) is 1.55. The average molecular weight is 386 g/mol. The van der Waals surface area contributed by atoms with E-state index in [0.29, 0.717) is 18.9 Å². The van der Waals surface area contributed by atoms with Crippen molar-refractivity contribution in [1.29, 1.82) is 0 Å². The van der Waals surface area contributed by atoms with E-state index in [1.165, 1.54) is 23.1 Å². The summed E-state index contributed by atoms with van der Waals surface area (Å²) in [6.45, 7) is 0.593. The topological polar surface area (TPSA) is 68.5 Å². The third-order valence-electron chi connectivity index (χ3n) is 4.40. The number of nitrogens with zero attached hydrogens (tertiary/aromatic N) is 3. The van der Waals surface area contributed by atoms with Crippen molar-refractivity contribution in [3.63, 3.8) is 0 Å². The molecule has 1 amide bonds. The third-order valence-corrected chi connectivity index (χ3v) is 4.72. The zero-order valence-electron chi connectivity index (χ0n) is 14.2. The summed E-state index contributed by atoms with van der Waals surface area (Å²) in [6, 6.07) is 4.04. The number of carbonyl (C=O) groups is 1. The van der Waals surface area contributed by atoms with E-state index in [1.807, 2.05) is 0 Å². The lowest BCUT2D eigenvalue weighted by Gasteiger charge is -2.34. The molecule has 140 valence electrons. The summed E-state index contributed by atoms with van der Waals surface area (Å²) < 4.78 is 39.1. The first-order valence-electron chi connectivity index (χ1n) is 8.19. The standard InChI is InChI=1S/C17H18ClF2N3O3/c1-25-10-5-13-21-16(26-22-13)17(20)6-8-23(9-7-17)15(24)14-11(18)3-2-4-12(14)19/h2-4H,5-10H2,1H3. The Labute approximate surface area is 154 Å². The van der Waals surface area contributed by atoms with Crippen LogP contribution in [0.1, 0.15) is 34.9 Å². The largest absolute Gasteiger partial charge is 0.384 e. The molecule has 0 bridgehead atoms. The predicted octanol–water partition coefficient (Wildman–Crippen LogP) is 3.15. The number of amides is 1. The second-order valence-corrected chi connectivity index (χ2v) is 6.52. The quantitative estimate of drug-likeness (QED) is 0.790. The highest BCUT2D eigenvalue weighted by molar-refractivity contribution is 6.33. The number of benzene rings is 1. The summed E-state index contributed by atoms with van der Waals surface area (Å²) >= 11 is 5.93. The molecule has 1 aromatic carbocycles. The monoisotopic (exact) mass is 385 g/mol. The SMILES string of the molecule is COCCc1noc(C2(F)CCN(C(=O)c3c(F)cccc3Cl)CC2)n1. The molecule has 6 nitrogen and oxygen atoms in total. The van der Waals surface area contributed by atoms with Crippen LogP contribution in [0.5, 0.6) is 0 Å². The Morgan fingerprint density at radius 3 is 2.81 bits per heavy atom. The van der Waals surface area contributed by atoms with Crippen molar-refractivity contribution in [2.75, 3.05) is 26.8 Å². The maximum Gasteiger partial charge on any atom is 0.264 e. The molecule has 1 aliphatic rings. The van der Waals surface area contributed by atoms with Crippen molar-refractivity contribution in [3.05, 3.63) is 46.3 Å². The summed E-state index contributed by atoms with van der Waals surface area (Å²) in [6.07, 6.45) is 0.389. The van der Waals surface area contributed by atoms with Crippen LogP contribution in [-0.2, 0) is 16.8 Å². The fraction of sp³-hybridized carbons (Fsp3) is 0.471. The smallest absolute Gasteiger partial charge is 0.264 e. The minimum atomic E-state index is -1.81. The van der Waals surface area contributed by atoms with Crippen molar-refractivity contribution < 1.29 is 22.8 Å². The van der Waals surface area contributed by atoms with Crippen molar-refractivity contribution in [3.8, 4) is 0 Å². The highest BCUT2D eigenvalue weighted by atomic mass is 35.5. The number of carbonyl (C=O) groups excluding carboxylic acids is 1. The molecule has 1 saturated heterocycles. The lowest BCUT2D eigenvalue weighted by molar-refractivity contribution is 0.0246. The van der Waals surface area contributed by atoms with Gasteiger partial charge in [0.05, 0.1) is 17.2 Å². The minimum Gasteiger partial charge on any atom is -0.384 e. The fourth-order valence-electron chi connectivity index (χ4n) is 2.87. The Kier molecular flexibility index (Phi) is 5.52. The van der Waals surface area contributed by atoms with Gasteiger partial charge in [-0.1, -0.05) is 22.8 Å². The van der Waals surface area contributed by atoms with Gasteiger partial charge in [0.25, 0.3) is 11.8 Å².